The van der Waals surface area contributed by atoms with Gasteiger partial charge in [0.25, 0.3) is 0 Å². The average Bonchev–Trinajstić information content (AvgIpc) is 3.29. The summed E-state index contributed by atoms with van der Waals surface area (Å²) in [6, 6.07) is 15.1. The number of carbonyl (C=O) groups is 1. The van der Waals surface area contributed by atoms with Crippen LogP contribution in [0.2, 0.25) is 5.02 Å². The van der Waals surface area contributed by atoms with Gasteiger partial charge in [-0.25, -0.2) is 0 Å². The zero-order valence-electron chi connectivity index (χ0n) is 14.4. The molecule has 3 rings (SSSR count). The van der Waals surface area contributed by atoms with Crippen LogP contribution in [0.25, 0.3) is 0 Å². The Kier molecular flexibility index (Phi) is 6.52. The van der Waals surface area contributed by atoms with Gasteiger partial charge in [-0.2, -0.15) is 0 Å². The van der Waals surface area contributed by atoms with Crippen molar-refractivity contribution in [1.29, 1.82) is 0 Å². The Morgan fingerprint density at radius 3 is 2.27 bits per heavy atom. The second kappa shape index (κ2) is 9.27. The first kappa shape index (κ1) is 18.3. The van der Waals surface area contributed by atoms with E-state index in [0.29, 0.717) is 24.7 Å². The molecule has 1 N–H and O–H groups in total. The molecule has 0 spiro atoms. The molecular formula is C20H21ClN2O3. The first-order valence-corrected chi connectivity index (χ1v) is 8.85. The zero-order valence-corrected chi connectivity index (χ0v) is 15.1. The van der Waals surface area contributed by atoms with Crippen molar-refractivity contribution in [3.05, 3.63) is 83.2 Å². The summed E-state index contributed by atoms with van der Waals surface area (Å²) in [5, 5.41) is 3.66. The molecule has 0 atom stereocenters. The molecule has 0 unspecified atom stereocenters. The largest absolute Gasteiger partial charge is 0.468 e. The predicted octanol–water partition coefficient (Wildman–Crippen LogP) is 3.89. The van der Waals surface area contributed by atoms with Gasteiger partial charge in [-0.15, -0.1) is 0 Å². The molecule has 136 valence electrons. The Morgan fingerprint density at radius 2 is 1.69 bits per heavy atom. The maximum Gasteiger partial charge on any atom is 0.234 e. The fraction of sp³-hybridized carbons (Fsp3) is 0.250. The molecule has 1 amide bonds. The molecule has 0 bridgehead atoms. The maximum absolute atomic E-state index is 12.3. The number of halogens is 1. The van der Waals surface area contributed by atoms with E-state index < -0.39 is 0 Å². The lowest BCUT2D eigenvalue weighted by Crippen LogP contribution is -2.37. The third kappa shape index (κ3) is 5.79. The Morgan fingerprint density at radius 1 is 1.00 bits per heavy atom. The summed E-state index contributed by atoms with van der Waals surface area (Å²) in [5.41, 5.74) is 1.10. The highest BCUT2D eigenvalue weighted by Gasteiger charge is 2.14. The first-order valence-electron chi connectivity index (χ1n) is 8.47. The van der Waals surface area contributed by atoms with Gasteiger partial charge in [0, 0.05) is 11.6 Å². The van der Waals surface area contributed by atoms with E-state index in [0.717, 1.165) is 23.5 Å². The van der Waals surface area contributed by atoms with E-state index in [1.165, 1.54) is 0 Å². The van der Waals surface area contributed by atoms with Gasteiger partial charge in [-0.3, -0.25) is 9.69 Å². The normalized spacial score (nSPS) is 11.0. The number of amides is 1. The van der Waals surface area contributed by atoms with Gasteiger partial charge < -0.3 is 14.2 Å². The highest BCUT2D eigenvalue weighted by Crippen LogP contribution is 2.12. The molecule has 0 radical (unpaired) electrons. The van der Waals surface area contributed by atoms with Gasteiger partial charge >= 0.3 is 0 Å². The van der Waals surface area contributed by atoms with Crippen LogP contribution in [0, 0.1) is 0 Å². The molecule has 0 aliphatic carbocycles. The molecule has 1 aromatic carbocycles. The fourth-order valence-corrected chi connectivity index (χ4v) is 2.92. The van der Waals surface area contributed by atoms with E-state index in [2.05, 4.69) is 5.32 Å². The molecular weight excluding hydrogens is 352 g/mol. The lowest BCUT2D eigenvalue weighted by atomic mass is 10.1. The van der Waals surface area contributed by atoms with E-state index in [1.807, 2.05) is 53.4 Å². The third-order valence-electron chi connectivity index (χ3n) is 3.91. The van der Waals surface area contributed by atoms with Crippen LogP contribution < -0.4 is 5.32 Å². The quantitative estimate of drug-likeness (QED) is 0.619. The van der Waals surface area contributed by atoms with Crippen molar-refractivity contribution in [2.24, 2.45) is 0 Å². The standard InChI is InChI=1S/C20H21ClN2O3/c21-17-5-1-4-16(12-17)8-9-22-20(24)15-23(13-18-6-2-10-25-18)14-19-7-3-11-26-19/h1-7,10-12H,8-9,13-15H2,(H,22,24). The van der Waals surface area contributed by atoms with E-state index >= 15 is 0 Å². The van der Waals surface area contributed by atoms with E-state index in [9.17, 15) is 4.79 Å². The monoisotopic (exact) mass is 372 g/mol. The number of benzene rings is 1. The Hall–Kier alpha value is -2.50. The first-order chi connectivity index (χ1) is 12.7. The Labute approximate surface area is 157 Å². The second-order valence-electron chi connectivity index (χ2n) is 6.03. The van der Waals surface area contributed by atoms with Crippen LogP contribution in [-0.2, 0) is 24.3 Å². The number of hydrogen-bond donors (Lipinski definition) is 1. The molecule has 0 aliphatic rings. The smallest absolute Gasteiger partial charge is 0.234 e. The van der Waals surface area contributed by atoms with Gasteiger partial charge in [-0.05, 0) is 48.4 Å². The average molecular weight is 373 g/mol. The number of nitrogens with one attached hydrogen (secondary N) is 1. The van der Waals surface area contributed by atoms with Crippen molar-refractivity contribution < 1.29 is 13.6 Å². The number of hydrogen-bond acceptors (Lipinski definition) is 4. The predicted molar refractivity (Wildman–Crippen MR) is 99.7 cm³/mol. The number of carbonyl (C=O) groups excluding carboxylic acids is 1. The summed E-state index contributed by atoms with van der Waals surface area (Å²) in [7, 11) is 0. The summed E-state index contributed by atoms with van der Waals surface area (Å²) in [4.78, 5) is 14.3. The molecule has 3 aromatic rings. The molecule has 5 nitrogen and oxygen atoms in total. The SMILES string of the molecule is O=C(CN(Cc1ccco1)Cc1ccco1)NCCc1cccc(Cl)c1. The third-order valence-corrected chi connectivity index (χ3v) is 4.15. The van der Waals surface area contributed by atoms with Crippen LogP contribution in [0.5, 0.6) is 0 Å². The maximum atomic E-state index is 12.3. The summed E-state index contributed by atoms with van der Waals surface area (Å²) < 4.78 is 10.8. The van der Waals surface area contributed by atoms with E-state index in [1.54, 1.807) is 12.5 Å². The van der Waals surface area contributed by atoms with Crippen LogP contribution in [0.4, 0.5) is 0 Å². The zero-order chi connectivity index (χ0) is 18.2. The van der Waals surface area contributed by atoms with Gasteiger partial charge in [0.2, 0.25) is 5.91 Å². The van der Waals surface area contributed by atoms with Crippen LogP contribution in [0.3, 0.4) is 0 Å². The Balaban J connectivity index is 1.50. The van der Waals surface area contributed by atoms with Crippen molar-refractivity contribution in [2.45, 2.75) is 19.5 Å². The van der Waals surface area contributed by atoms with Crippen molar-refractivity contribution >= 4 is 17.5 Å². The van der Waals surface area contributed by atoms with E-state index in [-0.39, 0.29) is 12.5 Å². The van der Waals surface area contributed by atoms with Crippen molar-refractivity contribution in [1.82, 2.24) is 10.2 Å². The van der Waals surface area contributed by atoms with Crippen molar-refractivity contribution in [3.8, 4) is 0 Å². The lowest BCUT2D eigenvalue weighted by Gasteiger charge is -2.19. The summed E-state index contributed by atoms with van der Waals surface area (Å²) in [6.45, 7) is 1.90. The van der Waals surface area contributed by atoms with Crippen molar-refractivity contribution in [3.63, 3.8) is 0 Å². The molecule has 2 heterocycles. The fourth-order valence-electron chi connectivity index (χ4n) is 2.71. The second-order valence-corrected chi connectivity index (χ2v) is 6.47. The minimum Gasteiger partial charge on any atom is -0.468 e. The molecule has 6 heteroatoms. The summed E-state index contributed by atoms with van der Waals surface area (Å²) >= 11 is 5.98. The number of rotatable bonds is 9. The molecule has 26 heavy (non-hydrogen) atoms. The summed E-state index contributed by atoms with van der Waals surface area (Å²) in [6.07, 6.45) is 4.00. The number of nitrogens with zero attached hydrogens (tertiary/aromatic N) is 1. The van der Waals surface area contributed by atoms with Crippen LogP contribution >= 0.6 is 11.6 Å². The van der Waals surface area contributed by atoms with Crippen LogP contribution in [0.15, 0.2) is 69.9 Å². The highest BCUT2D eigenvalue weighted by molar-refractivity contribution is 6.30. The topological polar surface area (TPSA) is 58.6 Å². The Bertz CT molecular complexity index is 764. The van der Waals surface area contributed by atoms with E-state index in [4.69, 9.17) is 20.4 Å². The van der Waals surface area contributed by atoms with Crippen molar-refractivity contribution in [2.75, 3.05) is 13.1 Å². The van der Waals surface area contributed by atoms with Gasteiger partial charge in [0.15, 0.2) is 0 Å². The minimum atomic E-state index is -0.0369. The lowest BCUT2D eigenvalue weighted by molar-refractivity contribution is -0.122. The van der Waals surface area contributed by atoms with Crippen LogP contribution in [-0.4, -0.2) is 23.9 Å². The molecule has 0 saturated carbocycles. The summed E-state index contributed by atoms with van der Waals surface area (Å²) in [5.74, 6) is 1.58. The molecule has 2 aromatic heterocycles. The molecule has 0 aliphatic heterocycles. The minimum absolute atomic E-state index is 0.0369. The van der Waals surface area contributed by atoms with Gasteiger partial charge in [0.1, 0.15) is 11.5 Å². The molecule has 0 fully saturated rings. The highest BCUT2D eigenvalue weighted by atomic mass is 35.5. The van der Waals surface area contributed by atoms with Gasteiger partial charge in [-0.1, -0.05) is 23.7 Å². The number of furan rings is 2. The van der Waals surface area contributed by atoms with Gasteiger partial charge in [0.05, 0.1) is 32.2 Å². The van der Waals surface area contributed by atoms with Crippen LogP contribution in [0.1, 0.15) is 17.1 Å². The molecule has 0 saturated heterocycles.